The molecule has 0 aliphatic carbocycles. The summed E-state index contributed by atoms with van der Waals surface area (Å²) in [6.45, 7) is 7.28. The number of aliphatic hydroxyl groups is 2. The Balaban J connectivity index is 1.98. The van der Waals surface area contributed by atoms with Gasteiger partial charge in [-0.3, -0.25) is 9.59 Å². The Labute approximate surface area is 225 Å². The van der Waals surface area contributed by atoms with E-state index in [4.69, 9.17) is 0 Å². The average molecular weight is 543 g/mol. The highest BCUT2D eigenvalue weighted by Gasteiger charge is 2.29. The second-order valence-corrected chi connectivity index (χ2v) is 10.0. The lowest BCUT2D eigenvalue weighted by molar-refractivity contribution is -0.125. The van der Waals surface area contributed by atoms with Crippen LogP contribution in [0.5, 0.6) is 0 Å². The van der Waals surface area contributed by atoms with Crippen LogP contribution in [-0.2, 0) is 4.79 Å². The molecule has 4 N–H and O–H groups in total. The van der Waals surface area contributed by atoms with Crippen LogP contribution in [-0.4, -0.2) is 34.4 Å². The monoisotopic (exact) mass is 542 g/mol. The molecule has 2 atom stereocenters. The molecule has 3 rings (SSSR count). The number of hydrogen-bond acceptors (Lipinski definition) is 4. The van der Waals surface area contributed by atoms with E-state index >= 15 is 4.39 Å². The number of hydrogen-bond donors (Lipinski definition) is 4. The number of nitrogens with one attached hydrogen (secondary N) is 2. The molecule has 2 amide bonds. The third-order valence-electron chi connectivity index (χ3n) is 6.41. The van der Waals surface area contributed by atoms with Crippen molar-refractivity contribution < 1.29 is 33.0 Å². The summed E-state index contributed by atoms with van der Waals surface area (Å²) in [7, 11) is 0. The van der Waals surface area contributed by atoms with Crippen LogP contribution < -0.4 is 10.6 Å². The van der Waals surface area contributed by atoms with Crippen molar-refractivity contribution in [3.05, 3.63) is 94.3 Å². The Morgan fingerprint density at radius 1 is 0.846 bits per heavy atom. The van der Waals surface area contributed by atoms with Gasteiger partial charge in [-0.25, -0.2) is 13.2 Å². The predicted molar refractivity (Wildman–Crippen MR) is 142 cm³/mol. The maximum absolute atomic E-state index is 15.1. The van der Waals surface area contributed by atoms with Gasteiger partial charge in [0.2, 0.25) is 5.91 Å². The van der Waals surface area contributed by atoms with Crippen molar-refractivity contribution in [2.75, 3.05) is 0 Å². The van der Waals surface area contributed by atoms with Crippen LogP contribution in [0.3, 0.4) is 0 Å². The van der Waals surface area contributed by atoms with E-state index in [1.54, 1.807) is 0 Å². The molecular formula is C30H33F3N2O4. The Kier molecular flexibility index (Phi) is 9.88. The van der Waals surface area contributed by atoms with E-state index in [1.165, 1.54) is 24.3 Å². The molecule has 0 heterocycles. The van der Waals surface area contributed by atoms with Crippen LogP contribution in [0.2, 0.25) is 0 Å². The van der Waals surface area contributed by atoms with E-state index in [0.717, 1.165) is 23.3 Å². The summed E-state index contributed by atoms with van der Waals surface area (Å²) in [6, 6.07) is 10.7. The molecular weight excluding hydrogens is 509 g/mol. The predicted octanol–water partition coefficient (Wildman–Crippen LogP) is 5.09. The highest BCUT2D eigenvalue weighted by atomic mass is 19.2. The number of carbonyl (C=O) groups excluding carboxylic acids is 2. The fraction of sp³-hybridized carbons (Fsp3) is 0.333. The fourth-order valence-corrected chi connectivity index (χ4v) is 4.61. The molecule has 0 bridgehead atoms. The van der Waals surface area contributed by atoms with Crippen molar-refractivity contribution in [3.63, 3.8) is 0 Å². The Hall–Kier alpha value is -3.69. The van der Waals surface area contributed by atoms with Gasteiger partial charge < -0.3 is 20.8 Å². The van der Waals surface area contributed by atoms with Gasteiger partial charge in [-0.05, 0) is 72.7 Å². The van der Waals surface area contributed by atoms with E-state index in [1.807, 2.05) is 45.9 Å². The fourth-order valence-electron chi connectivity index (χ4n) is 4.61. The molecule has 9 heteroatoms. The minimum atomic E-state index is -1.96. The molecule has 3 aromatic rings. The van der Waals surface area contributed by atoms with Gasteiger partial charge in [-0.1, -0.05) is 44.2 Å². The topological polar surface area (TPSA) is 98.7 Å². The molecule has 0 saturated carbocycles. The SMILES string of the molecule is Cc1cccc(C)c1-c1cc(F)c(F)c([C@H](CC(O)O)NC(=O)[C@H](CC(C)C)NC(=O)c2ccccc2F)c1. The van der Waals surface area contributed by atoms with Crippen molar-refractivity contribution in [1.29, 1.82) is 0 Å². The zero-order valence-electron chi connectivity index (χ0n) is 22.3. The van der Waals surface area contributed by atoms with Crippen LogP contribution in [0.1, 0.15) is 59.8 Å². The third kappa shape index (κ3) is 7.46. The maximum atomic E-state index is 15.1. The van der Waals surface area contributed by atoms with Crippen LogP contribution in [0.4, 0.5) is 13.2 Å². The smallest absolute Gasteiger partial charge is 0.254 e. The van der Waals surface area contributed by atoms with Crippen molar-refractivity contribution in [2.24, 2.45) is 5.92 Å². The highest BCUT2D eigenvalue weighted by Crippen LogP contribution is 2.33. The molecule has 6 nitrogen and oxygen atoms in total. The molecule has 0 aromatic heterocycles. The van der Waals surface area contributed by atoms with Gasteiger partial charge in [0.15, 0.2) is 17.9 Å². The van der Waals surface area contributed by atoms with Crippen molar-refractivity contribution in [1.82, 2.24) is 10.6 Å². The third-order valence-corrected chi connectivity index (χ3v) is 6.41. The van der Waals surface area contributed by atoms with Crippen LogP contribution in [0, 0.1) is 37.2 Å². The average Bonchev–Trinajstić information content (AvgIpc) is 2.84. The number of carbonyl (C=O) groups is 2. The summed E-state index contributed by atoms with van der Waals surface area (Å²) in [5.41, 5.74) is 2.15. The standard InChI is InChI=1S/C30H33F3N2O4/c1-16(2)12-25(35-29(38)20-10-5-6-11-22(20)31)30(39)34-24(15-26(36)37)21-13-19(14-23(32)28(21)33)27-17(3)8-7-9-18(27)4/h5-11,13-14,16,24-26,36-37H,12,15H2,1-4H3,(H,34,39)(H,35,38)/t24-,25-/m0/s1. The summed E-state index contributed by atoms with van der Waals surface area (Å²) in [5, 5.41) is 24.5. The Morgan fingerprint density at radius 2 is 1.49 bits per heavy atom. The van der Waals surface area contributed by atoms with Crippen LogP contribution in [0.25, 0.3) is 11.1 Å². The molecule has 0 aliphatic rings. The van der Waals surface area contributed by atoms with E-state index in [0.29, 0.717) is 11.1 Å². The highest BCUT2D eigenvalue weighted by molar-refractivity contribution is 5.97. The first-order valence-corrected chi connectivity index (χ1v) is 12.7. The summed E-state index contributed by atoms with van der Waals surface area (Å²) in [5.74, 6) is -4.83. The molecule has 0 unspecified atom stereocenters. The lowest BCUT2D eigenvalue weighted by atomic mass is 9.91. The van der Waals surface area contributed by atoms with E-state index < -0.39 is 54.1 Å². The lowest BCUT2D eigenvalue weighted by Crippen LogP contribution is -2.49. The van der Waals surface area contributed by atoms with E-state index in [-0.39, 0.29) is 23.5 Å². The van der Waals surface area contributed by atoms with E-state index in [2.05, 4.69) is 10.6 Å². The number of amides is 2. The molecule has 3 aromatic carbocycles. The zero-order valence-corrected chi connectivity index (χ0v) is 22.3. The first-order chi connectivity index (χ1) is 18.4. The first-order valence-electron chi connectivity index (χ1n) is 12.7. The minimum Gasteiger partial charge on any atom is -0.368 e. The lowest BCUT2D eigenvalue weighted by Gasteiger charge is -2.26. The number of aliphatic hydroxyl groups excluding tert-OH is 1. The molecule has 0 spiro atoms. The van der Waals surface area contributed by atoms with Crippen LogP contribution in [0.15, 0.2) is 54.6 Å². The summed E-state index contributed by atoms with van der Waals surface area (Å²) >= 11 is 0. The van der Waals surface area contributed by atoms with Gasteiger partial charge in [-0.15, -0.1) is 0 Å². The van der Waals surface area contributed by atoms with Gasteiger partial charge in [0.25, 0.3) is 5.91 Å². The molecule has 0 aliphatic heterocycles. The Morgan fingerprint density at radius 3 is 2.08 bits per heavy atom. The molecule has 208 valence electrons. The van der Waals surface area contributed by atoms with Gasteiger partial charge in [-0.2, -0.15) is 0 Å². The maximum Gasteiger partial charge on any atom is 0.254 e. The summed E-state index contributed by atoms with van der Waals surface area (Å²) in [4.78, 5) is 26.1. The largest absolute Gasteiger partial charge is 0.368 e. The molecule has 39 heavy (non-hydrogen) atoms. The van der Waals surface area contributed by atoms with Gasteiger partial charge >= 0.3 is 0 Å². The van der Waals surface area contributed by atoms with Gasteiger partial charge in [0.1, 0.15) is 11.9 Å². The molecule has 0 saturated heterocycles. The van der Waals surface area contributed by atoms with Crippen molar-refractivity contribution >= 4 is 11.8 Å². The second-order valence-electron chi connectivity index (χ2n) is 10.0. The van der Waals surface area contributed by atoms with Crippen molar-refractivity contribution in [3.8, 4) is 11.1 Å². The minimum absolute atomic E-state index is 0.0786. The molecule has 0 fully saturated rings. The van der Waals surface area contributed by atoms with Crippen LogP contribution >= 0.6 is 0 Å². The summed E-state index contributed by atoms with van der Waals surface area (Å²) < 4.78 is 44.1. The number of halogens is 3. The summed E-state index contributed by atoms with van der Waals surface area (Å²) in [6.07, 6.45) is -2.36. The first kappa shape index (κ1) is 29.9. The zero-order chi connectivity index (χ0) is 28.9. The number of benzene rings is 3. The normalized spacial score (nSPS) is 12.9. The molecule has 0 radical (unpaired) electrons. The number of rotatable bonds is 10. The van der Waals surface area contributed by atoms with Gasteiger partial charge in [0, 0.05) is 12.0 Å². The quantitative estimate of drug-likeness (QED) is 0.268. The van der Waals surface area contributed by atoms with Crippen molar-refractivity contribution in [2.45, 2.75) is 58.9 Å². The Bertz CT molecular complexity index is 1320. The number of aryl methyl sites for hydroxylation is 2. The van der Waals surface area contributed by atoms with Gasteiger partial charge in [0.05, 0.1) is 11.6 Å². The second kappa shape index (κ2) is 12.9. The van der Waals surface area contributed by atoms with E-state index in [9.17, 15) is 28.6 Å².